The fourth-order valence-corrected chi connectivity index (χ4v) is 8.78. The molecule has 1 aliphatic heterocycles. The highest BCUT2D eigenvalue weighted by atomic mass is 16.5. The number of nitrogens with one attached hydrogen (secondary N) is 13. The van der Waals surface area contributed by atoms with Crippen molar-refractivity contribution in [2.45, 2.75) is 193 Å². The van der Waals surface area contributed by atoms with Crippen LogP contribution < -0.4 is 75.3 Å². The Morgan fingerprint density at radius 1 is 0.640 bits per heavy atom. The Morgan fingerprint density at radius 2 is 1.17 bits per heavy atom. The van der Waals surface area contributed by atoms with Gasteiger partial charge in [-0.25, -0.2) is 4.79 Å². The second-order valence-corrected chi connectivity index (χ2v) is 21.7. The van der Waals surface area contributed by atoms with Gasteiger partial charge >= 0.3 is 5.97 Å². The largest absolute Gasteiger partial charge is 0.458 e. The number of ether oxygens (including phenoxy) is 1. The Balaban J connectivity index is 2.29. The standard InChI is InChI=1S/C56H93N15O15/c1-11-28(4)41(52(82)67-39(27-73)51(81)71-44-33(9)86-55(85)43(30(6)13-3)70-49(79)36(20-17-25-61-56(58)59)64-45(75)31(7)63-54(44)84)68-46(76)32(8)62-48(78)37(23-24-40(57)74)65-50(80)38(26-72)66-53(83)42(29(5)12-2)69-47(77)35(60-10)22-21-34-18-15-14-16-19-34/h14-16,18-19,28-33,35-39,41-44,60,72-73H,11-13,17,20-27H2,1-10H3,(H2,57,74)(H,62,78)(H,63,84)(H,64,75)(H,65,80)(H,66,83)(H,67,82)(H,68,76)(H,69,77)(H,70,79)(H,71,81)(H4,58,59,61)/t28-,29-,30-,31-,32+,33-,35+,36-,37?,38-,39-,41-,42-,43-,44+/m0/s1. The molecule has 1 unspecified atom stereocenters. The topological polar surface area (TPSA) is 475 Å². The summed E-state index contributed by atoms with van der Waals surface area (Å²) in [6.07, 6.45) is -0.0830. The number of amides is 11. The SMILES string of the molecule is CC[C@H](C)[C@H](NC(=O)[C@@H](C)NC(=O)C(CCC(N)=O)NC(=O)[C@H](CO)NC(=O)[C@@H](NC(=O)[C@@H](CCc1ccccc1)NC)[C@@H](C)CC)C(=O)N[C@@H](CO)C(=O)N[C@H]1C(=O)N[C@@H](C)C(=O)N[C@@H](CCCNC(=N)N)C(=O)N[C@@H]([C@@H](C)CC)C(=O)O[C@H]1C. The Hall–Kier alpha value is -7.99. The monoisotopic (exact) mass is 1220 g/mol. The number of hydrogen-bond donors (Lipinski definition) is 17. The van der Waals surface area contributed by atoms with E-state index in [1.807, 2.05) is 30.3 Å². The predicted molar refractivity (Wildman–Crippen MR) is 314 cm³/mol. The van der Waals surface area contributed by atoms with Crippen molar-refractivity contribution in [3.8, 4) is 0 Å². The van der Waals surface area contributed by atoms with Crippen LogP contribution >= 0.6 is 0 Å². The lowest BCUT2D eigenvalue weighted by Crippen LogP contribution is -2.63. The second-order valence-electron chi connectivity index (χ2n) is 21.7. The minimum atomic E-state index is -1.82. The Kier molecular flexibility index (Phi) is 32.3. The van der Waals surface area contributed by atoms with E-state index >= 15 is 0 Å². The van der Waals surface area contributed by atoms with Gasteiger partial charge < -0.3 is 90.2 Å². The van der Waals surface area contributed by atoms with Crippen LogP contribution in [0.15, 0.2) is 30.3 Å². The molecule has 2 rings (SSSR count). The van der Waals surface area contributed by atoms with Gasteiger partial charge in [0.05, 0.1) is 19.3 Å². The summed E-state index contributed by atoms with van der Waals surface area (Å²) in [7, 11) is 1.61. The molecule has 19 N–H and O–H groups in total. The average molecular weight is 1220 g/mol. The van der Waals surface area contributed by atoms with Crippen molar-refractivity contribution in [2.75, 3.05) is 26.8 Å². The molecule has 1 aromatic carbocycles. The summed E-state index contributed by atoms with van der Waals surface area (Å²) in [4.78, 5) is 163. The minimum Gasteiger partial charge on any atom is -0.458 e. The quantitative estimate of drug-likeness (QED) is 0.0137. The summed E-state index contributed by atoms with van der Waals surface area (Å²) < 4.78 is 5.68. The number of aliphatic hydroxyl groups excluding tert-OH is 2. The van der Waals surface area contributed by atoms with E-state index in [0.717, 1.165) is 5.56 Å². The molecule has 1 saturated heterocycles. The number of carbonyl (C=O) groups is 12. The highest BCUT2D eigenvalue weighted by Gasteiger charge is 2.40. The Morgan fingerprint density at radius 3 is 1.70 bits per heavy atom. The van der Waals surface area contributed by atoms with Crippen LogP contribution in [0.3, 0.4) is 0 Å². The van der Waals surface area contributed by atoms with E-state index in [2.05, 4.69) is 63.8 Å². The molecule has 0 radical (unpaired) electrons. The maximum atomic E-state index is 14.0. The van der Waals surface area contributed by atoms with Crippen molar-refractivity contribution in [3.63, 3.8) is 0 Å². The summed E-state index contributed by atoms with van der Waals surface area (Å²) in [5.41, 5.74) is 11.7. The molecule has 0 saturated carbocycles. The molecule has 86 heavy (non-hydrogen) atoms. The van der Waals surface area contributed by atoms with E-state index in [4.69, 9.17) is 21.6 Å². The number of aliphatic hydroxyl groups is 2. The number of aryl methyl sites for hydroxylation is 1. The Labute approximate surface area is 501 Å². The van der Waals surface area contributed by atoms with E-state index < -0.39 is 187 Å². The van der Waals surface area contributed by atoms with Gasteiger partial charge in [0.15, 0.2) is 5.96 Å². The number of primary amides is 1. The van der Waals surface area contributed by atoms with Crippen molar-refractivity contribution in [3.05, 3.63) is 35.9 Å². The molecule has 30 heteroatoms. The first-order valence-corrected chi connectivity index (χ1v) is 29.1. The Bertz CT molecular complexity index is 2490. The van der Waals surface area contributed by atoms with Crippen LogP contribution in [0.25, 0.3) is 0 Å². The number of cyclic esters (lactones) is 1. The number of esters is 1. The van der Waals surface area contributed by atoms with Crippen molar-refractivity contribution in [1.82, 2.24) is 63.8 Å². The van der Waals surface area contributed by atoms with Crippen molar-refractivity contribution in [2.24, 2.45) is 29.2 Å². The van der Waals surface area contributed by atoms with E-state index in [0.29, 0.717) is 25.7 Å². The zero-order chi connectivity index (χ0) is 65.0. The molecule has 1 fully saturated rings. The van der Waals surface area contributed by atoms with E-state index in [1.54, 1.807) is 48.6 Å². The molecule has 0 aromatic heterocycles. The van der Waals surface area contributed by atoms with Gasteiger partial charge in [0.2, 0.25) is 65.0 Å². The fraction of sp³-hybridized carbons (Fsp3) is 0.661. The summed E-state index contributed by atoms with van der Waals surface area (Å²) in [5.74, 6) is -12.9. The third-order valence-corrected chi connectivity index (χ3v) is 15.0. The van der Waals surface area contributed by atoms with Crippen molar-refractivity contribution >= 4 is 76.9 Å². The summed E-state index contributed by atoms with van der Waals surface area (Å²) in [6, 6.07) is -6.02. The molecular formula is C56H93N15O15. The van der Waals surface area contributed by atoms with Crippen LogP contribution in [0, 0.1) is 23.2 Å². The van der Waals surface area contributed by atoms with E-state index in [-0.39, 0.29) is 31.8 Å². The maximum absolute atomic E-state index is 14.0. The lowest BCUT2D eigenvalue weighted by Gasteiger charge is -2.30. The number of nitrogens with two attached hydrogens (primary N) is 2. The third-order valence-electron chi connectivity index (χ3n) is 15.0. The van der Waals surface area contributed by atoms with Gasteiger partial charge in [0, 0.05) is 13.0 Å². The van der Waals surface area contributed by atoms with Gasteiger partial charge in [-0.05, 0) is 83.2 Å². The van der Waals surface area contributed by atoms with Gasteiger partial charge in [-0.15, -0.1) is 0 Å². The lowest BCUT2D eigenvalue weighted by molar-refractivity contribution is -0.157. The van der Waals surface area contributed by atoms with Gasteiger partial charge in [-0.3, -0.25) is 58.1 Å². The third kappa shape index (κ3) is 24.2. The molecule has 1 aliphatic rings. The number of benzene rings is 1. The molecule has 11 amide bonds. The fourth-order valence-electron chi connectivity index (χ4n) is 8.78. The number of guanidine groups is 1. The molecule has 15 atom stereocenters. The first-order chi connectivity index (χ1) is 40.6. The molecule has 1 heterocycles. The van der Waals surface area contributed by atoms with Gasteiger partial charge in [0.25, 0.3) is 0 Å². The van der Waals surface area contributed by atoms with Gasteiger partial charge in [0.1, 0.15) is 66.5 Å². The molecule has 482 valence electrons. The predicted octanol–water partition coefficient (Wildman–Crippen LogP) is -4.31. The second kappa shape index (κ2) is 37.4. The van der Waals surface area contributed by atoms with Crippen LogP contribution in [0.1, 0.15) is 119 Å². The molecule has 30 nitrogen and oxygen atoms in total. The normalized spacial score (nSPS) is 20.9. The van der Waals surface area contributed by atoms with Gasteiger partial charge in [-0.1, -0.05) is 91.1 Å². The number of hydrogen-bond acceptors (Lipinski definition) is 17. The van der Waals surface area contributed by atoms with Crippen molar-refractivity contribution in [1.29, 1.82) is 5.41 Å². The molecule has 0 aliphatic carbocycles. The summed E-state index contributed by atoms with van der Waals surface area (Å²) in [5, 5.41) is 58.6. The maximum Gasteiger partial charge on any atom is 0.329 e. The zero-order valence-electron chi connectivity index (χ0n) is 50.9. The molecule has 0 spiro atoms. The van der Waals surface area contributed by atoms with E-state index in [9.17, 15) is 67.7 Å². The first kappa shape index (κ1) is 74.1. The van der Waals surface area contributed by atoms with Crippen molar-refractivity contribution < 1.29 is 72.5 Å². The number of likely N-dealkylation sites (N-methyl/N-ethyl adjacent to an activating group) is 1. The zero-order valence-corrected chi connectivity index (χ0v) is 50.9. The summed E-state index contributed by atoms with van der Waals surface area (Å²) in [6.45, 7) is 12.1. The number of rotatable bonds is 33. The highest BCUT2D eigenvalue weighted by molar-refractivity contribution is 5.99. The molecule has 1 aromatic rings. The van der Waals surface area contributed by atoms with Crippen LogP contribution in [0.5, 0.6) is 0 Å². The molecular weight excluding hydrogens is 1120 g/mol. The minimum absolute atomic E-state index is 0.0281. The van der Waals surface area contributed by atoms with Crippen LogP contribution in [-0.2, 0) is 68.7 Å². The van der Waals surface area contributed by atoms with Crippen LogP contribution in [0.4, 0.5) is 0 Å². The summed E-state index contributed by atoms with van der Waals surface area (Å²) >= 11 is 0. The molecule has 0 bridgehead atoms. The lowest BCUT2D eigenvalue weighted by atomic mass is 9.96. The first-order valence-electron chi connectivity index (χ1n) is 29.1. The number of carbonyl (C=O) groups excluding carboxylic acids is 12. The average Bonchev–Trinajstić information content (AvgIpc) is 3.69. The highest BCUT2D eigenvalue weighted by Crippen LogP contribution is 2.16. The smallest absolute Gasteiger partial charge is 0.329 e. The van der Waals surface area contributed by atoms with Crippen LogP contribution in [0.2, 0.25) is 0 Å². The van der Waals surface area contributed by atoms with Crippen LogP contribution in [-0.4, -0.2) is 186 Å². The van der Waals surface area contributed by atoms with E-state index in [1.165, 1.54) is 20.8 Å². The van der Waals surface area contributed by atoms with Gasteiger partial charge in [-0.2, -0.15) is 0 Å².